The second-order valence-electron chi connectivity index (χ2n) is 6.05. The fourth-order valence-corrected chi connectivity index (χ4v) is 3.38. The Labute approximate surface area is 131 Å². The highest BCUT2D eigenvalue weighted by Crippen LogP contribution is 2.37. The van der Waals surface area contributed by atoms with E-state index >= 15 is 0 Å². The minimum absolute atomic E-state index is 0.0522. The Kier molecular flexibility index (Phi) is 3.28. The summed E-state index contributed by atoms with van der Waals surface area (Å²) in [5, 5.41) is 0. The first-order chi connectivity index (χ1) is 10.8. The molecule has 4 rings (SSSR count). The molecule has 1 nitrogen and oxygen atoms in total. The van der Waals surface area contributed by atoms with E-state index in [1.165, 1.54) is 33.4 Å². The molecule has 0 unspecified atom stereocenters. The summed E-state index contributed by atoms with van der Waals surface area (Å²) < 4.78 is 0. The van der Waals surface area contributed by atoms with Crippen molar-refractivity contribution in [1.29, 1.82) is 0 Å². The Morgan fingerprint density at radius 3 is 2.36 bits per heavy atom. The van der Waals surface area contributed by atoms with Crippen LogP contribution < -0.4 is 5.73 Å². The largest absolute Gasteiger partial charge is 0.324 e. The van der Waals surface area contributed by atoms with Gasteiger partial charge in [0.25, 0.3) is 0 Å². The second kappa shape index (κ2) is 5.43. The third kappa shape index (κ3) is 2.34. The van der Waals surface area contributed by atoms with Gasteiger partial charge in [-0.2, -0.15) is 0 Å². The Morgan fingerprint density at radius 2 is 1.50 bits per heavy atom. The maximum Gasteiger partial charge on any atom is 0.0335 e. The van der Waals surface area contributed by atoms with E-state index in [-0.39, 0.29) is 6.04 Å². The number of hydrogen-bond acceptors (Lipinski definition) is 1. The number of benzene rings is 3. The van der Waals surface area contributed by atoms with Gasteiger partial charge in [0.15, 0.2) is 0 Å². The van der Waals surface area contributed by atoms with Crippen LogP contribution in [-0.2, 0) is 12.8 Å². The zero-order chi connectivity index (χ0) is 14.9. The number of rotatable bonds is 3. The predicted molar refractivity (Wildman–Crippen MR) is 91.8 cm³/mol. The smallest absolute Gasteiger partial charge is 0.0335 e. The molecule has 0 aromatic heterocycles. The summed E-state index contributed by atoms with van der Waals surface area (Å²) in [5.74, 6) is 0. The van der Waals surface area contributed by atoms with E-state index < -0.39 is 0 Å². The zero-order valence-corrected chi connectivity index (χ0v) is 12.5. The van der Waals surface area contributed by atoms with Gasteiger partial charge in [-0.05, 0) is 46.2 Å². The minimum Gasteiger partial charge on any atom is -0.324 e. The molecular weight excluding hydrogens is 266 g/mol. The van der Waals surface area contributed by atoms with Crippen LogP contribution in [0, 0.1) is 0 Å². The number of hydrogen-bond donors (Lipinski definition) is 1. The molecule has 1 aliphatic rings. The van der Waals surface area contributed by atoms with Gasteiger partial charge < -0.3 is 5.73 Å². The predicted octanol–water partition coefficient (Wildman–Crippen LogP) is 4.50. The van der Waals surface area contributed by atoms with E-state index in [0.717, 1.165) is 12.8 Å². The van der Waals surface area contributed by atoms with Crippen molar-refractivity contribution < 1.29 is 0 Å². The first-order valence-electron chi connectivity index (χ1n) is 7.82. The van der Waals surface area contributed by atoms with E-state index in [1.807, 2.05) is 6.07 Å². The standard InChI is InChI=1S/C21H19N/c22-21(12-15-6-2-1-3-7-15)17-10-11-20-18(14-17)13-16-8-4-5-9-19(16)20/h1-11,14,21H,12-13,22H2/t21-/m1/s1. The van der Waals surface area contributed by atoms with Gasteiger partial charge in [0.05, 0.1) is 0 Å². The molecule has 0 fully saturated rings. The molecule has 3 aromatic rings. The summed E-state index contributed by atoms with van der Waals surface area (Å²) >= 11 is 0. The molecule has 0 amide bonds. The highest BCUT2D eigenvalue weighted by molar-refractivity contribution is 5.77. The molecule has 3 aromatic carbocycles. The van der Waals surface area contributed by atoms with Crippen molar-refractivity contribution in [3.8, 4) is 11.1 Å². The molecule has 1 atom stereocenters. The summed E-state index contributed by atoms with van der Waals surface area (Å²) in [6.45, 7) is 0. The van der Waals surface area contributed by atoms with Crippen LogP contribution >= 0.6 is 0 Å². The van der Waals surface area contributed by atoms with Gasteiger partial charge in [0.2, 0.25) is 0 Å². The lowest BCUT2D eigenvalue weighted by Crippen LogP contribution is -2.13. The van der Waals surface area contributed by atoms with Crippen molar-refractivity contribution in [3.63, 3.8) is 0 Å². The van der Waals surface area contributed by atoms with Gasteiger partial charge in [-0.15, -0.1) is 0 Å². The summed E-state index contributed by atoms with van der Waals surface area (Å²) in [4.78, 5) is 0. The first-order valence-corrected chi connectivity index (χ1v) is 7.82. The summed E-state index contributed by atoms with van der Waals surface area (Å²) in [6.07, 6.45) is 1.91. The molecule has 0 aliphatic heterocycles. The average Bonchev–Trinajstić information content (AvgIpc) is 2.93. The molecule has 0 bridgehead atoms. The van der Waals surface area contributed by atoms with E-state index in [4.69, 9.17) is 5.73 Å². The molecule has 0 radical (unpaired) electrons. The highest BCUT2D eigenvalue weighted by atomic mass is 14.6. The fraction of sp³-hybridized carbons (Fsp3) is 0.143. The molecule has 1 heteroatoms. The molecule has 1 aliphatic carbocycles. The SMILES string of the molecule is N[C@H](Cc1ccccc1)c1ccc2c(c1)Cc1ccccc1-2. The highest BCUT2D eigenvalue weighted by Gasteiger charge is 2.19. The molecule has 0 spiro atoms. The van der Waals surface area contributed by atoms with E-state index in [1.54, 1.807) is 0 Å². The van der Waals surface area contributed by atoms with Crippen LogP contribution in [0.4, 0.5) is 0 Å². The maximum atomic E-state index is 6.43. The number of fused-ring (bicyclic) bond motifs is 3. The van der Waals surface area contributed by atoms with E-state index in [2.05, 4.69) is 66.7 Å². The second-order valence-corrected chi connectivity index (χ2v) is 6.05. The lowest BCUT2D eigenvalue weighted by molar-refractivity contribution is 0.721. The van der Waals surface area contributed by atoms with Crippen molar-refractivity contribution >= 4 is 0 Å². The lowest BCUT2D eigenvalue weighted by atomic mass is 9.96. The third-order valence-electron chi connectivity index (χ3n) is 4.54. The van der Waals surface area contributed by atoms with Crippen LogP contribution in [0.25, 0.3) is 11.1 Å². The molecule has 22 heavy (non-hydrogen) atoms. The topological polar surface area (TPSA) is 26.0 Å². The van der Waals surface area contributed by atoms with Crippen LogP contribution in [0.1, 0.15) is 28.3 Å². The molecule has 0 heterocycles. The monoisotopic (exact) mass is 285 g/mol. The summed E-state index contributed by atoms with van der Waals surface area (Å²) in [5.41, 5.74) is 14.5. The van der Waals surface area contributed by atoms with Crippen LogP contribution in [0.5, 0.6) is 0 Å². The van der Waals surface area contributed by atoms with Gasteiger partial charge in [0.1, 0.15) is 0 Å². The lowest BCUT2D eigenvalue weighted by Gasteiger charge is -2.14. The Hall–Kier alpha value is -2.38. The van der Waals surface area contributed by atoms with Gasteiger partial charge in [-0.3, -0.25) is 0 Å². The summed E-state index contributed by atoms with van der Waals surface area (Å²) in [6, 6.07) is 25.9. The van der Waals surface area contributed by atoms with Gasteiger partial charge >= 0.3 is 0 Å². The average molecular weight is 285 g/mol. The Morgan fingerprint density at radius 1 is 0.773 bits per heavy atom. The van der Waals surface area contributed by atoms with Crippen molar-refractivity contribution in [2.24, 2.45) is 5.73 Å². The van der Waals surface area contributed by atoms with Crippen LogP contribution in [0.2, 0.25) is 0 Å². The van der Waals surface area contributed by atoms with Crippen molar-refractivity contribution in [2.75, 3.05) is 0 Å². The van der Waals surface area contributed by atoms with Crippen LogP contribution in [0.3, 0.4) is 0 Å². The van der Waals surface area contributed by atoms with Crippen molar-refractivity contribution in [3.05, 3.63) is 95.1 Å². The van der Waals surface area contributed by atoms with Gasteiger partial charge in [-0.1, -0.05) is 72.8 Å². The maximum absolute atomic E-state index is 6.43. The molecular formula is C21H19N. The summed E-state index contributed by atoms with van der Waals surface area (Å²) in [7, 11) is 0. The third-order valence-corrected chi connectivity index (χ3v) is 4.54. The molecule has 108 valence electrons. The number of nitrogens with two attached hydrogens (primary N) is 1. The van der Waals surface area contributed by atoms with Crippen molar-refractivity contribution in [2.45, 2.75) is 18.9 Å². The molecule has 0 saturated carbocycles. The molecule has 0 saturated heterocycles. The van der Waals surface area contributed by atoms with Crippen molar-refractivity contribution in [1.82, 2.24) is 0 Å². The van der Waals surface area contributed by atoms with Crippen LogP contribution in [0.15, 0.2) is 72.8 Å². The van der Waals surface area contributed by atoms with Gasteiger partial charge in [0, 0.05) is 6.04 Å². The molecule has 2 N–H and O–H groups in total. The quantitative estimate of drug-likeness (QED) is 0.589. The fourth-order valence-electron chi connectivity index (χ4n) is 3.38. The Balaban J connectivity index is 1.62. The minimum atomic E-state index is 0.0522. The normalized spacial score (nSPS) is 13.5. The Bertz CT molecular complexity index is 805. The van der Waals surface area contributed by atoms with Crippen LogP contribution in [-0.4, -0.2) is 0 Å². The van der Waals surface area contributed by atoms with E-state index in [9.17, 15) is 0 Å². The van der Waals surface area contributed by atoms with Gasteiger partial charge in [-0.25, -0.2) is 0 Å². The zero-order valence-electron chi connectivity index (χ0n) is 12.5. The first kappa shape index (κ1) is 13.3. The van der Waals surface area contributed by atoms with E-state index in [0.29, 0.717) is 0 Å².